The van der Waals surface area contributed by atoms with Crippen LogP contribution in [0.15, 0.2) is 96.0 Å². The first-order valence-corrected chi connectivity index (χ1v) is 12.5. The third kappa shape index (κ3) is 5.95. The summed E-state index contributed by atoms with van der Waals surface area (Å²) in [6.07, 6.45) is 1.57. The molecule has 0 amide bonds. The minimum Gasteiger partial charge on any atom is -0.493 e. The first-order valence-electron chi connectivity index (χ1n) is 12.5. The van der Waals surface area contributed by atoms with Crippen molar-refractivity contribution < 1.29 is 18.9 Å². The van der Waals surface area contributed by atoms with Gasteiger partial charge in [-0.1, -0.05) is 66.7 Å². The van der Waals surface area contributed by atoms with Crippen LogP contribution in [0, 0.1) is 0 Å². The van der Waals surface area contributed by atoms with Crippen molar-refractivity contribution in [2.45, 2.75) is 26.1 Å². The van der Waals surface area contributed by atoms with E-state index in [0.717, 1.165) is 58.2 Å². The second kappa shape index (κ2) is 11.7. The molecule has 4 aromatic rings. The van der Waals surface area contributed by atoms with Crippen LogP contribution in [-0.4, -0.2) is 26.5 Å². The van der Waals surface area contributed by atoms with Gasteiger partial charge in [-0.15, -0.1) is 0 Å². The minimum absolute atomic E-state index is 0.476. The summed E-state index contributed by atoms with van der Waals surface area (Å²) in [6.45, 7) is 1.72. The summed E-state index contributed by atoms with van der Waals surface area (Å²) in [5, 5.41) is 0. The van der Waals surface area contributed by atoms with Crippen LogP contribution in [0.25, 0.3) is 0 Å². The van der Waals surface area contributed by atoms with Crippen LogP contribution in [0.3, 0.4) is 0 Å². The van der Waals surface area contributed by atoms with Gasteiger partial charge in [0.25, 0.3) is 0 Å². The number of benzene rings is 4. The van der Waals surface area contributed by atoms with Crippen molar-refractivity contribution >= 4 is 5.71 Å². The van der Waals surface area contributed by atoms with Crippen LogP contribution < -0.4 is 18.9 Å². The van der Waals surface area contributed by atoms with E-state index < -0.39 is 0 Å². The molecule has 0 fully saturated rings. The summed E-state index contributed by atoms with van der Waals surface area (Å²) >= 11 is 0. The Labute approximate surface area is 218 Å². The van der Waals surface area contributed by atoms with Crippen LogP contribution in [-0.2, 0) is 26.1 Å². The number of methoxy groups -OCH3 is 2. The van der Waals surface area contributed by atoms with E-state index in [0.29, 0.717) is 25.4 Å². The zero-order valence-corrected chi connectivity index (χ0v) is 21.3. The van der Waals surface area contributed by atoms with Crippen LogP contribution >= 0.6 is 0 Å². The normalized spacial score (nSPS) is 12.3. The topological polar surface area (TPSA) is 49.3 Å². The van der Waals surface area contributed by atoms with Crippen molar-refractivity contribution in [1.29, 1.82) is 0 Å². The molecule has 0 radical (unpaired) electrons. The molecule has 0 bridgehead atoms. The predicted molar refractivity (Wildman–Crippen MR) is 146 cm³/mol. The van der Waals surface area contributed by atoms with Crippen molar-refractivity contribution in [3.63, 3.8) is 0 Å². The lowest BCUT2D eigenvalue weighted by atomic mass is 9.93. The average molecular weight is 494 g/mol. The van der Waals surface area contributed by atoms with Crippen LogP contribution in [0.4, 0.5) is 0 Å². The molecule has 1 heterocycles. The van der Waals surface area contributed by atoms with Gasteiger partial charge >= 0.3 is 0 Å². The minimum atomic E-state index is 0.476. The van der Waals surface area contributed by atoms with Crippen LogP contribution in [0.5, 0.6) is 23.0 Å². The Balaban J connectivity index is 1.34. The predicted octanol–water partition coefficient (Wildman–Crippen LogP) is 6.45. The Hall–Kier alpha value is -4.25. The highest BCUT2D eigenvalue weighted by molar-refractivity contribution is 6.04. The van der Waals surface area contributed by atoms with E-state index in [1.54, 1.807) is 14.2 Å². The number of fused-ring (bicyclic) bond motifs is 1. The summed E-state index contributed by atoms with van der Waals surface area (Å²) in [7, 11) is 3.35. The Morgan fingerprint density at radius 3 is 1.89 bits per heavy atom. The van der Waals surface area contributed by atoms with Crippen molar-refractivity contribution in [2.24, 2.45) is 4.99 Å². The van der Waals surface area contributed by atoms with Gasteiger partial charge in [-0.25, -0.2) is 0 Å². The largest absolute Gasteiger partial charge is 0.493 e. The highest BCUT2D eigenvalue weighted by Crippen LogP contribution is 2.35. The maximum Gasteiger partial charge on any atom is 0.162 e. The number of hydrogen-bond acceptors (Lipinski definition) is 5. The third-order valence-corrected chi connectivity index (χ3v) is 6.46. The number of rotatable bonds is 10. The second-order valence-corrected chi connectivity index (χ2v) is 8.95. The van der Waals surface area contributed by atoms with E-state index in [-0.39, 0.29) is 0 Å². The number of hydrogen-bond donors (Lipinski definition) is 0. The fraction of sp³-hybridized carbons (Fsp3) is 0.219. The molecule has 4 aromatic carbocycles. The van der Waals surface area contributed by atoms with Gasteiger partial charge in [0, 0.05) is 24.2 Å². The first-order chi connectivity index (χ1) is 18.2. The highest BCUT2D eigenvalue weighted by atomic mass is 16.5. The molecule has 0 saturated carbocycles. The standard InChI is InChI=1S/C32H31NO4/c1-34-30-18-25(13-14-29(30)36-21-23-9-5-3-6-10-23)17-28-27-20-32(37-22-24-11-7-4-8-12-24)31(35-2)19-26(27)15-16-33-28/h3-14,18-20H,15-17,21-22H2,1-2H3. The lowest BCUT2D eigenvalue weighted by molar-refractivity contribution is 0.284. The summed E-state index contributed by atoms with van der Waals surface area (Å²) in [5.41, 5.74) is 6.70. The van der Waals surface area contributed by atoms with E-state index in [9.17, 15) is 0 Å². The molecule has 37 heavy (non-hydrogen) atoms. The van der Waals surface area contributed by atoms with Crippen molar-refractivity contribution in [3.05, 3.63) is 119 Å². The monoisotopic (exact) mass is 493 g/mol. The molecule has 1 aliphatic heterocycles. The third-order valence-electron chi connectivity index (χ3n) is 6.46. The molecule has 0 saturated heterocycles. The number of aliphatic imine (C=N–C) groups is 1. The van der Waals surface area contributed by atoms with E-state index in [1.807, 2.05) is 60.7 Å². The van der Waals surface area contributed by atoms with Crippen LogP contribution in [0.1, 0.15) is 27.8 Å². The molecule has 0 aromatic heterocycles. The van der Waals surface area contributed by atoms with Crippen molar-refractivity contribution in [1.82, 2.24) is 0 Å². The highest BCUT2D eigenvalue weighted by Gasteiger charge is 2.20. The lowest BCUT2D eigenvalue weighted by Gasteiger charge is -2.21. The molecule has 0 atom stereocenters. The molecule has 0 N–H and O–H groups in total. The van der Waals surface area contributed by atoms with E-state index in [4.69, 9.17) is 23.9 Å². The van der Waals surface area contributed by atoms with Gasteiger partial charge in [-0.2, -0.15) is 0 Å². The summed E-state index contributed by atoms with van der Waals surface area (Å²) in [6, 6.07) is 30.5. The maximum atomic E-state index is 6.18. The molecule has 1 aliphatic rings. The van der Waals surface area contributed by atoms with Crippen molar-refractivity contribution in [2.75, 3.05) is 20.8 Å². The van der Waals surface area contributed by atoms with Gasteiger partial charge < -0.3 is 18.9 Å². The van der Waals surface area contributed by atoms with Gasteiger partial charge in [0.2, 0.25) is 0 Å². The lowest BCUT2D eigenvalue weighted by Crippen LogP contribution is -2.16. The summed E-state index contributed by atoms with van der Waals surface area (Å²) in [4.78, 5) is 4.88. The maximum absolute atomic E-state index is 6.18. The fourth-order valence-electron chi connectivity index (χ4n) is 4.50. The first kappa shape index (κ1) is 24.4. The zero-order valence-electron chi connectivity index (χ0n) is 21.3. The molecule has 0 spiro atoms. The fourth-order valence-corrected chi connectivity index (χ4v) is 4.50. The molecular formula is C32H31NO4. The molecule has 5 rings (SSSR count). The van der Waals surface area contributed by atoms with Gasteiger partial charge in [-0.3, -0.25) is 4.99 Å². The Kier molecular flexibility index (Phi) is 7.70. The molecule has 188 valence electrons. The van der Waals surface area contributed by atoms with E-state index in [2.05, 4.69) is 30.3 Å². The smallest absolute Gasteiger partial charge is 0.162 e. The van der Waals surface area contributed by atoms with Gasteiger partial charge in [0.05, 0.1) is 14.2 Å². The number of nitrogens with zero attached hydrogens (tertiary/aromatic N) is 1. The van der Waals surface area contributed by atoms with Gasteiger partial charge in [-0.05, 0) is 52.9 Å². The zero-order chi connectivity index (χ0) is 25.5. The van der Waals surface area contributed by atoms with Crippen LogP contribution in [0.2, 0.25) is 0 Å². The Bertz CT molecular complexity index is 1370. The molecule has 0 unspecified atom stereocenters. The quantitative estimate of drug-likeness (QED) is 0.255. The van der Waals surface area contributed by atoms with Gasteiger partial charge in [0.15, 0.2) is 23.0 Å². The molecule has 0 aliphatic carbocycles. The van der Waals surface area contributed by atoms with Crippen molar-refractivity contribution in [3.8, 4) is 23.0 Å². The molecule has 5 heteroatoms. The molecular weight excluding hydrogens is 462 g/mol. The average Bonchev–Trinajstić information content (AvgIpc) is 2.96. The van der Waals surface area contributed by atoms with E-state index in [1.165, 1.54) is 5.56 Å². The van der Waals surface area contributed by atoms with Gasteiger partial charge in [0.1, 0.15) is 13.2 Å². The number of ether oxygens (including phenoxy) is 4. The SMILES string of the molecule is COc1cc(CC2=NCCc3cc(OC)c(OCc4ccccc4)cc32)ccc1OCc1ccccc1. The Morgan fingerprint density at radius 1 is 0.622 bits per heavy atom. The Morgan fingerprint density at radius 2 is 1.24 bits per heavy atom. The molecule has 5 nitrogen and oxygen atoms in total. The van der Waals surface area contributed by atoms with E-state index >= 15 is 0 Å². The summed E-state index contributed by atoms with van der Waals surface area (Å²) < 4.78 is 23.5. The second-order valence-electron chi connectivity index (χ2n) is 8.95. The summed E-state index contributed by atoms with van der Waals surface area (Å²) in [5.74, 6) is 2.91.